The van der Waals surface area contributed by atoms with Crippen LogP contribution in [0.3, 0.4) is 0 Å². The molecule has 0 saturated heterocycles. The van der Waals surface area contributed by atoms with Gasteiger partial charge in [-0.05, 0) is 55.0 Å². The van der Waals surface area contributed by atoms with Crippen molar-refractivity contribution in [3.63, 3.8) is 0 Å². The topological polar surface area (TPSA) is 50.7 Å². The van der Waals surface area contributed by atoms with Crippen molar-refractivity contribution in [1.82, 2.24) is 0 Å². The van der Waals surface area contributed by atoms with Crippen molar-refractivity contribution < 1.29 is 0 Å². The maximum absolute atomic E-state index is 5.67. The monoisotopic (exact) mass is 289 g/mol. The summed E-state index contributed by atoms with van der Waals surface area (Å²) in [7, 11) is 0. The molecule has 0 aliphatic rings. The van der Waals surface area contributed by atoms with E-state index in [0.29, 0.717) is 0 Å². The van der Waals surface area contributed by atoms with E-state index in [9.17, 15) is 0 Å². The third-order valence-electron chi connectivity index (χ3n) is 2.32. The second-order valence-corrected chi connectivity index (χ2v) is 4.64. The summed E-state index contributed by atoms with van der Waals surface area (Å²) < 4.78 is 1.03. The third kappa shape index (κ3) is 3.14. The smallest absolute Gasteiger partial charge is 0.0887 e. The molecular weight excluding hydrogens is 278 g/mol. The van der Waals surface area contributed by atoms with Crippen LogP contribution in [0.25, 0.3) is 0 Å². The molecule has 2 aromatic carbocycles. The number of hydrogen-bond donors (Lipinski definition) is 1. The maximum atomic E-state index is 5.67. The van der Waals surface area contributed by atoms with Crippen LogP contribution >= 0.6 is 15.9 Å². The molecule has 17 heavy (non-hydrogen) atoms. The van der Waals surface area contributed by atoms with E-state index in [2.05, 4.69) is 26.2 Å². The molecule has 0 heterocycles. The molecule has 0 saturated carbocycles. The molecule has 2 aromatic rings. The third-order valence-corrected chi connectivity index (χ3v) is 2.85. The summed E-state index contributed by atoms with van der Waals surface area (Å²) in [4.78, 5) is 0. The second kappa shape index (κ2) is 5.10. The fourth-order valence-electron chi connectivity index (χ4n) is 1.41. The van der Waals surface area contributed by atoms with Crippen molar-refractivity contribution in [2.24, 2.45) is 10.2 Å². The Bertz CT molecular complexity index is 547. The minimum absolute atomic E-state index is 0.741. The van der Waals surface area contributed by atoms with Crippen molar-refractivity contribution >= 4 is 33.0 Å². The molecule has 86 valence electrons. The summed E-state index contributed by atoms with van der Waals surface area (Å²) in [6.07, 6.45) is 0. The van der Waals surface area contributed by atoms with Gasteiger partial charge < -0.3 is 5.73 Å². The minimum Gasteiger partial charge on any atom is -0.399 e. The summed E-state index contributed by atoms with van der Waals surface area (Å²) >= 11 is 3.37. The summed E-state index contributed by atoms with van der Waals surface area (Å²) in [6.45, 7) is 1.96. The van der Waals surface area contributed by atoms with Crippen LogP contribution in [0, 0.1) is 6.92 Å². The largest absolute Gasteiger partial charge is 0.399 e. The highest BCUT2D eigenvalue weighted by Gasteiger charge is 1.96. The van der Waals surface area contributed by atoms with Gasteiger partial charge in [0, 0.05) is 10.2 Å². The number of halogens is 1. The van der Waals surface area contributed by atoms with Gasteiger partial charge in [0.15, 0.2) is 0 Å². The number of hydrogen-bond acceptors (Lipinski definition) is 3. The van der Waals surface area contributed by atoms with E-state index in [1.54, 1.807) is 0 Å². The first-order valence-corrected chi connectivity index (χ1v) is 5.98. The molecule has 0 radical (unpaired) electrons. The van der Waals surface area contributed by atoms with Gasteiger partial charge >= 0.3 is 0 Å². The molecule has 0 aliphatic heterocycles. The molecule has 0 aliphatic carbocycles. The number of nitrogens with zero attached hydrogens (tertiary/aromatic N) is 2. The van der Waals surface area contributed by atoms with Crippen molar-refractivity contribution in [1.29, 1.82) is 0 Å². The van der Waals surface area contributed by atoms with Gasteiger partial charge in [0.1, 0.15) is 0 Å². The SMILES string of the molecule is Cc1cc(N)ccc1N=Nc1ccc(Br)cc1. The number of aryl methyl sites for hydroxylation is 1. The zero-order valence-corrected chi connectivity index (χ0v) is 11.0. The van der Waals surface area contributed by atoms with Crippen LogP contribution in [0.1, 0.15) is 5.56 Å². The molecule has 3 nitrogen and oxygen atoms in total. The lowest BCUT2D eigenvalue weighted by molar-refractivity contribution is 1.21. The summed E-state index contributed by atoms with van der Waals surface area (Å²) in [6, 6.07) is 13.3. The summed E-state index contributed by atoms with van der Waals surface area (Å²) in [5, 5.41) is 8.37. The normalized spacial score (nSPS) is 10.9. The minimum atomic E-state index is 0.741. The Morgan fingerprint density at radius 1 is 1.00 bits per heavy atom. The predicted octanol–water partition coefficient (Wildman–Crippen LogP) is 4.76. The molecule has 0 fully saturated rings. The van der Waals surface area contributed by atoms with Crippen LogP contribution < -0.4 is 5.73 Å². The molecule has 2 N–H and O–H groups in total. The lowest BCUT2D eigenvalue weighted by atomic mass is 10.2. The Morgan fingerprint density at radius 3 is 2.35 bits per heavy atom. The standard InChI is InChI=1S/C13H12BrN3/c1-9-8-11(15)4-7-13(9)17-16-12-5-2-10(14)3-6-12/h2-8H,15H2,1H3. The molecule has 0 aromatic heterocycles. The van der Waals surface area contributed by atoms with Crippen molar-refractivity contribution in [2.75, 3.05) is 5.73 Å². The molecule has 0 unspecified atom stereocenters. The van der Waals surface area contributed by atoms with Crippen molar-refractivity contribution in [3.8, 4) is 0 Å². The van der Waals surface area contributed by atoms with Crippen LogP contribution in [0.15, 0.2) is 57.2 Å². The van der Waals surface area contributed by atoms with E-state index < -0.39 is 0 Å². The number of azo groups is 1. The van der Waals surface area contributed by atoms with E-state index in [4.69, 9.17) is 5.73 Å². The zero-order chi connectivity index (χ0) is 12.3. The first-order valence-electron chi connectivity index (χ1n) is 5.18. The fourth-order valence-corrected chi connectivity index (χ4v) is 1.67. The molecule has 0 atom stereocenters. The van der Waals surface area contributed by atoms with Gasteiger partial charge in [0.25, 0.3) is 0 Å². The van der Waals surface area contributed by atoms with Crippen LogP contribution in [0.4, 0.5) is 17.1 Å². The van der Waals surface area contributed by atoms with Gasteiger partial charge in [-0.15, -0.1) is 0 Å². The predicted molar refractivity (Wildman–Crippen MR) is 73.9 cm³/mol. The molecular formula is C13H12BrN3. The quantitative estimate of drug-likeness (QED) is 0.629. The molecule has 0 amide bonds. The Kier molecular flexibility index (Phi) is 3.54. The number of nitrogen functional groups attached to an aromatic ring is 1. The van der Waals surface area contributed by atoms with Gasteiger partial charge in [0.2, 0.25) is 0 Å². The summed E-state index contributed by atoms with van der Waals surface area (Å²) in [5.41, 5.74) is 9.09. The summed E-state index contributed by atoms with van der Waals surface area (Å²) in [5.74, 6) is 0. The number of nitrogens with two attached hydrogens (primary N) is 1. The lowest BCUT2D eigenvalue weighted by Gasteiger charge is -2.00. The van der Waals surface area contributed by atoms with E-state index in [0.717, 1.165) is 27.1 Å². The van der Waals surface area contributed by atoms with Gasteiger partial charge in [-0.1, -0.05) is 15.9 Å². The number of benzene rings is 2. The fraction of sp³-hybridized carbons (Fsp3) is 0.0769. The Morgan fingerprint density at radius 2 is 1.71 bits per heavy atom. The van der Waals surface area contributed by atoms with Crippen LogP contribution in [0.5, 0.6) is 0 Å². The van der Waals surface area contributed by atoms with Gasteiger partial charge in [-0.25, -0.2) is 0 Å². The molecule has 0 spiro atoms. The van der Waals surface area contributed by atoms with Gasteiger partial charge in [-0.2, -0.15) is 10.2 Å². The highest BCUT2D eigenvalue weighted by molar-refractivity contribution is 9.10. The van der Waals surface area contributed by atoms with Gasteiger partial charge in [-0.3, -0.25) is 0 Å². The van der Waals surface area contributed by atoms with E-state index in [1.807, 2.05) is 49.4 Å². The first kappa shape index (κ1) is 11.8. The maximum Gasteiger partial charge on any atom is 0.0887 e. The van der Waals surface area contributed by atoms with Crippen LogP contribution in [-0.4, -0.2) is 0 Å². The second-order valence-electron chi connectivity index (χ2n) is 3.72. The van der Waals surface area contributed by atoms with E-state index >= 15 is 0 Å². The van der Waals surface area contributed by atoms with E-state index in [1.165, 1.54) is 0 Å². The van der Waals surface area contributed by atoms with Crippen LogP contribution in [0.2, 0.25) is 0 Å². The van der Waals surface area contributed by atoms with Crippen LogP contribution in [-0.2, 0) is 0 Å². The van der Waals surface area contributed by atoms with Gasteiger partial charge in [0.05, 0.1) is 11.4 Å². The Labute approximate surface area is 109 Å². The zero-order valence-electron chi connectivity index (χ0n) is 9.39. The molecule has 0 bridgehead atoms. The average Bonchev–Trinajstić information content (AvgIpc) is 2.30. The molecule has 2 rings (SSSR count). The highest BCUT2D eigenvalue weighted by Crippen LogP contribution is 2.24. The van der Waals surface area contributed by atoms with Crippen molar-refractivity contribution in [3.05, 3.63) is 52.5 Å². The first-order chi connectivity index (χ1) is 8.15. The molecule has 4 heteroatoms. The number of rotatable bonds is 2. The highest BCUT2D eigenvalue weighted by atomic mass is 79.9. The average molecular weight is 290 g/mol. The Balaban J connectivity index is 2.23. The van der Waals surface area contributed by atoms with Crippen molar-refractivity contribution in [2.45, 2.75) is 6.92 Å². The van der Waals surface area contributed by atoms with E-state index in [-0.39, 0.29) is 0 Å². The number of anilines is 1. The lowest BCUT2D eigenvalue weighted by Crippen LogP contribution is -1.84. The Hall–Kier alpha value is -1.68.